The highest BCUT2D eigenvalue weighted by atomic mass is 35.5. The van der Waals surface area contributed by atoms with Crippen LogP contribution in [0.2, 0.25) is 5.02 Å². The van der Waals surface area contributed by atoms with Crippen LogP contribution >= 0.6 is 23.4 Å². The van der Waals surface area contributed by atoms with Gasteiger partial charge in [-0.05, 0) is 48.4 Å². The number of thioether (sulfide) groups is 1. The van der Waals surface area contributed by atoms with Crippen LogP contribution in [-0.4, -0.2) is 13.1 Å². The molecule has 0 unspecified atom stereocenters. The first-order valence-corrected chi connectivity index (χ1v) is 8.19. The van der Waals surface area contributed by atoms with E-state index in [4.69, 9.17) is 11.6 Å². The maximum Gasteiger partial charge on any atom is 0.330 e. The fourth-order valence-electron chi connectivity index (χ4n) is 1.88. The number of halogens is 1. The van der Waals surface area contributed by atoms with E-state index in [1.165, 1.54) is 23.6 Å². The summed E-state index contributed by atoms with van der Waals surface area (Å²) in [7, 11) is 1.36. The second-order valence-electron chi connectivity index (χ2n) is 4.80. The smallest absolute Gasteiger partial charge is 0.330 e. The maximum absolute atomic E-state index is 11.2. The molecule has 0 aromatic heterocycles. The molecule has 2 nitrogen and oxygen atoms in total. The fraction of sp³-hybridized carbons (Fsp3) is 0.167. The number of methoxy groups -OCH3 is 1. The van der Waals surface area contributed by atoms with Crippen molar-refractivity contribution < 1.29 is 9.53 Å². The van der Waals surface area contributed by atoms with Crippen LogP contribution in [0, 0.1) is 6.92 Å². The highest BCUT2D eigenvalue weighted by Crippen LogP contribution is 2.27. The molecule has 114 valence electrons. The van der Waals surface area contributed by atoms with E-state index < -0.39 is 0 Å². The molecule has 22 heavy (non-hydrogen) atoms. The van der Waals surface area contributed by atoms with Crippen LogP contribution in [0.4, 0.5) is 0 Å². The van der Waals surface area contributed by atoms with Gasteiger partial charge in [-0.25, -0.2) is 4.79 Å². The van der Waals surface area contributed by atoms with Gasteiger partial charge >= 0.3 is 5.97 Å². The number of ether oxygens (including phenoxy) is 1. The highest BCUT2D eigenvalue weighted by molar-refractivity contribution is 7.98. The minimum Gasteiger partial charge on any atom is -0.466 e. The van der Waals surface area contributed by atoms with E-state index >= 15 is 0 Å². The average molecular weight is 333 g/mol. The lowest BCUT2D eigenvalue weighted by atomic mass is 10.1. The van der Waals surface area contributed by atoms with Crippen molar-refractivity contribution in [3.63, 3.8) is 0 Å². The first kappa shape index (κ1) is 16.7. The molecule has 0 heterocycles. The molecule has 4 heteroatoms. The molecule has 0 saturated carbocycles. The SMILES string of the molecule is COC(=O)/C=C/c1ccc(Cl)cc1CSc1ccc(C)cc1. The highest BCUT2D eigenvalue weighted by Gasteiger charge is 2.04. The molecule has 0 spiro atoms. The Kier molecular flexibility index (Phi) is 6.10. The third-order valence-electron chi connectivity index (χ3n) is 3.12. The van der Waals surface area contributed by atoms with E-state index in [1.54, 1.807) is 17.8 Å². The topological polar surface area (TPSA) is 26.3 Å². The zero-order valence-corrected chi connectivity index (χ0v) is 14.1. The van der Waals surface area contributed by atoms with Gasteiger partial charge in [-0.2, -0.15) is 0 Å². The van der Waals surface area contributed by atoms with Crippen LogP contribution in [0.25, 0.3) is 6.08 Å². The van der Waals surface area contributed by atoms with Gasteiger partial charge in [0.15, 0.2) is 0 Å². The van der Waals surface area contributed by atoms with Gasteiger partial charge in [0.25, 0.3) is 0 Å². The maximum atomic E-state index is 11.2. The standard InChI is InChI=1S/C18H17ClO2S/c1-13-3-8-17(9-4-13)22-12-15-11-16(19)7-5-14(15)6-10-18(20)21-2/h3-11H,12H2,1-2H3/b10-6+. The lowest BCUT2D eigenvalue weighted by molar-refractivity contribution is -0.134. The van der Waals surface area contributed by atoms with Gasteiger partial charge in [0, 0.05) is 21.7 Å². The van der Waals surface area contributed by atoms with E-state index in [1.807, 2.05) is 18.2 Å². The molecule has 0 saturated heterocycles. The van der Waals surface area contributed by atoms with E-state index in [0.717, 1.165) is 16.9 Å². The predicted molar refractivity (Wildman–Crippen MR) is 93.2 cm³/mol. The van der Waals surface area contributed by atoms with E-state index in [2.05, 4.69) is 35.9 Å². The Balaban J connectivity index is 2.14. The number of benzene rings is 2. The van der Waals surface area contributed by atoms with Gasteiger partial charge in [-0.1, -0.05) is 35.4 Å². The van der Waals surface area contributed by atoms with Crippen LogP contribution in [0.15, 0.2) is 53.4 Å². The van der Waals surface area contributed by atoms with Crippen molar-refractivity contribution in [2.24, 2.45) is 0 Å². The van der Waals surface area contributed by atoms with Crippen molar-refractivity contribution in [3.8, 4) is 0 Å². The lowest BCUT2D eigenvalue weighted by Gasteiger charge is -2.07. The number of hydrogen-bond acceptors (Lipinski definition) is 3. The molecule has 0 atom stereocenters. The Labute approximate surface area is 140 Å². The van der Waals surface area contributed by atoms with Crippen LogP contribution in [-0.2, 0) is 15.3 Å². The first-order chi connectivity index (χ1) is 10.6. The van der Waals surface area contributed by atoms with Gasteiger partial charge in [-0.15, -0.1) is 11.8 Å². The summed E-state index contributed by atoms with van der Waals surface area (Å²) in [6.07, 6.45) is 3.18. The summed E-state index contributed by atoms with van der Waals surface area (Å²) in [6, 6.07) is 14.1. The zero-order chi connectivity index (χ0) is 15.9. The molecule has 2 aromatic carbocycles. The Hall–Kier alpha value is -1.71. The predicted octanol–water partition coefficient (Wildman–Crippen LogP) is 5.13. The van der Waals surface area contributed by atoms with Crippen molar-refractivity contribution in [1.29, 1.82) is 0 Å². The first-order valence-electron chi connectivity index (χ1n) is 6.82. The Bertz CT molecular complexity index is 678. The monoisotopic (exact) mass is 332 g/mol. The summed E-state index contributed by atoms with van der Waals surface area (Å²) in [6.45, 7) is 2.07. The zero-order valence-electron chi connectivity index (χ0n) is 12.5. The normalized spacial score (nSPS) is 10.9. The molecule has 0 amide bonds. The molecular formula is C18H17ClO2S. The summed E-state index contributed by atoms with van der Waals surface area (Å²) in [5.41, 5.74) is 3.29. The van der Waals surface area contributed by atoms with Gasteiger partial charge in [0.2, 0.25) is 0 Å². The number of esters is 1. The van der Waals surface area contributed by atoms with Gasteiger partial charge in [0.05, 0.1) is 7.11 Å². The van der Waals surface area contributed by atoms with Crippen LogP contribution in [0.3, 0.4) is 0 Å². The van der Waals surface area contributed by atoms with Crippen LogP contribution in [0.5, 0.6) is 0 Å². The molecule has 0 bridgehead atoms. The van der Waals surface area contributed by atoms with Crippen molar-refractivity contribution in [1.82, 2.24) is 0 Å². The molecule has 0 aliphatic heterocycles. The van der Waals surface area contributed by atoms with Crippen LogP contribution < -0.4 is 0 Å². The summed E-state index contributed by atoms with van der Waals surface area (Å²) in [5, 5.41) is 0.690. The summed E-state index contributed by atoms with van der Waals surface area (Å²) in [5.74, 6) is 0.414. The number of hydrogen-bond donors (Lipinski definition) is 0. The lowest BCUT2D eigenvalue weighted by Crippen LogP contribution is -1.94. The Morgan fingerprint density at radius 3 is 2.64 bits per heavy atom. The molecule has 2 rings (SSSR count). The number of rotatable bonds is 5. The molecule has 0 aliphatic carbocycles. The molecular weight excluding hydrogens is 316 g/mol. The third kappa shape index (κ3) is 4.93. The van der Waals surface area contributed by atoms with E-state index in [0.29, 0.717) is 5.02 Å². The van der Waals surface area contributed by atoms with Crippen molar-refractivity contribution in [2.45, 2.75) is 17.6 Å². The van der Waals surface area contributed by atoms with E-state index in [9.17, 15) is 4.79 Å². The Morgan fingerprint density at radius 2 is 1.95 bits per heavy atom. The molecule has 0 N–H and O–H groups in total. The number of aryl methyl sites for hydroxylation is 1. The number of carbonyl (C=O) groups excluding carboxylic acids is 1. The molecule has 0 aliphatic rings. The number of carbonyl (C=O) groups is 1. The Morgan fingerprint density at radius 1 is 1.23 bits per heavy atom. The van der Waals surface area contributed by atoms with Crippen molar-refractivity contribution >= 4 is 35.4 Å². The summed E-state index contributed by atoms with van der Waals surface area (Å²) >= 11 is 7.82. The quantitative estimate of drug-likeness (QED) is 0.431. The average Bonchev–Trinajstić information content (AvgIpc) is 2.53. The summed E-state index contributed by atoms with van der Waals surface area (Å²) < 4.78 is 4.62. The van der Waals surface area contributed by atoms with E-state index in [-0.39, 0.29) is 5.97 Å². The van der Waals surface area contributed by atoms with Crippen molar-refractivity contribution in [2.75, 3.05) is 7.11 Å². The third-order valence-corrected chi connectivity index (χ3v) is 4.42. The molecule has 0 fully saturated rings. The minimum absolute atomic E-state index is 0.368. The minimum atomic E-state index is -0.368. The molecule has 0 radical (unpaired) electrons. The van der Waals surface area contributed by atoms with Gasteiger partial charge < -0.3 is 4.74 Å². The van der Waals surface area contributed by atoms with Crippen LogP contribution in [0.1, 0.15) is 16.7 Å². The van der Waals surface area contributed by atoms with Gasteiger partial charge in [0.1, 0.15) is 0 Å². The largest absolute Gasteiger partial charge is 0.466 e. The molecule has 2 aromatic rings. The summed E-state index contributed by atoms with van der Waals surface area (Å²) in [4.78, 5) is 12.4. The van der Waals surface area contributed by atoms with Crippen molar-refractivity contribution in [3.05, 3.63) is 70.3 Å². The second kappa shape index (κ2) is 8.06. The van der Waals surface area contributed by atoms with Gasteiger partial charge in [-0.3, -0.25) is 0 Å². The second-order valence-corrected chi connectivity index (χ2v) is 6.29. The fourth-order valence-corrected chi connectivity index (χ4v) is 2.98.